The summed E-state index contributed by atoms with van der Waals surface area (Å²) in [6.45, 7) is 2.86. The number of aromatic nitrogens is 5. The fraction of sp³-hybridized carbons (Fsp3) is 0.370. The number of halogens is 1. The maximum absolute atomic E-state index is 14.2. The molecular weight excluding hydrogens is 515 g/mol. The monoisotopic (exact) mass is 546 g/mol. The van der Waals surface area contributed by atoms with E-state index in [1.54, 1.807) is 0 Å². The number of nitrogens with zero attached hydrogens (tertiary/aromatic N) is 6. The second-order valence-electron chi connectivity index (χ2n) is 9.99. The molecule has 0 unspecified atom stereocenters. The van der Waals surface area contributed by atoms with E-state index in [1.165, 1.54) is 23.0 Å². The third-order valence-corrected chi connectivity index (χ3v) is 7.18. The Bertz CT molecular complexity index is 1500. The minimum Gasteiger partial charge on any atom is -0.378 e. The van der Waals surface area contributed by atoms with Crippen molar-refractivity contribution in [3.63, 3.8) is 0 Å². The Balaban J connectivity index is 1.33. The molecule has 1 saturated heterocycles. The van der Waals surface area contributed by atoms with E-state index in [9.17, 15) is 9.18 Å². The third-order valence-electron chi connectivity index (χ3n) is 7.18. The number of pyridine rings is 2. The number of hydrogen-bond donors (Lipinski definition) is 4. The Kier molecular flexibility index (Phi) is 7.38. The average molecular weight is 547 g/mol. The van der Waals surface area contributed by atoms with Crippen LogP contribution in [0.15, 0.2) is 48.9 Å². The van der Waals surface area contributed by atoms with Crippen LogP contribution in [-0.4, -0.2) is 68.9 Å². The molecular formula is C27H31FN10O2. The second-order valence-corrected chi connectivity index (χ2v) is 9.99. The van der Waals surface area contributed by atoms with Crippen LogP contribution >= 0.6 is 0 Å². The Morgan fingerprint density at radius 2 is 1.88 bits per heavy atom. The smallest absolute Gasteiger partial charge is 0.276 e. The minimum absolute atomic E-state index is 0.0188. The molecule has 0 atom stereocenters. The van der Waals surface area contributed by atoms with Gasteiger partial charge in [-0.1, -0.05) is 6.07 Å². The predicted molar refractivity (Wildman–Crippen MR) is 150 cm³/mol. The van der Waals surface area contributed by atoms with Gasteiger partial charge in [-0.3, -0.25) is 9.78 Å². The highest BCUT2D eigenvalue weighted by Crippen LogP contribution is 2.27. The largest absolute Gasteiger partial charge is 0.378 e. The first kappa shape index (κ1) is 25.9. The Morgan fingerprint density at radius 3 is 2.67 bits per heavy atom. The zero-order chi connectivity index (χ0) is 27.5. The van der Waals surface area contributed by atoms with Crippen LogP contribution in [0, 0.1) is 5.82 Å². The number of carbonyl (C=O) groups excluding carboxylic acids is 1. The summed E-state index contributed by atoms with van der Waals surface area (Å²) in [5.41, 5.74) is 7.31. The molecule has 1 aliphatic carbocycles. The highest BCUT2D eigenvalue weighted by atomic mass is 19.1. The predicted octanol–water partition coefficient (Wildman–Crippen LogP) is 3.17. The lowest BCUT2D eigenvalue weighted by Gasteiger charge is -2.28. The van der Waals surface area contributed by atoms with Gasteiger partial charge in [-0.25, -0.2) is 18.9 Å². The maximum atomic E-state index is 14.2. The molecule has 13 heteroatoms. The number of nitrogens with two attached hydrogens (primary N) is 1. The molecule has 0 spiro atoms. The molecule has 1 aliphatic heterocycles. The SMILES string of the molecule is NC1CCC(Nc2cc(Nc3cccc(N4CCOCC4)n3)c3ncc(C(=O)Nc4ccncc4F)n3n2)CC1. The molecule has 4 aromatic heterocycles. The van der Waals surface area contributed by atoms with Crippen molar-refractivity contribution in [1.82, 2.24) is 24.6 Å². The molecule has 1 amide bonds. The summed E-state index contributed by atoms with van der Waals surface area (Å²) in [6.07, 6.45) is 7.57. The Labute approximate surface area is 230 Å². The van der Waals surface area contributed by atoms with E-state index in [1.807, 2.05) is 24.3 Å². The van der Waals surface area contributed by atoms with Crippen molar-refractivity contribution in [2.24, 2.45) is 5.73 Å². The lowest BCUT2D eigenvalue weighted by Crippen LogP contribution is -2.36. The van der Waals surface area contributed by atoms with Crippen molar-refractivity contribution >= 4 is 40.4 Å². The topological polar surface area (TPSA) is 148 Å². The van der Waals surface area contributed by atoms with Crippen LogP contribution in [-0.2, 0) is 4.74 Å². The highest BCUT2D eigenvalue weighted by Gasteiger charge is 2.22. The summed E-state index contributed by atoms with van der Waals surface area (Å²) in [7, 11) is 0. The van der Waals surface area contributed by atoms with Gasteiger partial charge in [0.05, 0.1) is 37.0 Å². The lowest BCUT2D eigenvalue weighted by atomic mass is 9.92. The van der Waals surface area contributed by atoms with Gasteiger partial charge in [0.1, 0.15) is 17.5 Å². The number of carbonyl (C=O) groups is 1. The van der Waals surface area contributed by atoms with E-state index < -0.39 is 11.7 Å². The number of nitrogens with one attached hydrogen (secondary N) is 3. The average Bonchev–Trinajstić information content (AvgIpc) is 3.41. The fourth-order valence-electron chi connectivity index (χ4n) is 5.02. The van der Waals surface area contributed by atoms with E-state index in [-0.39, 0.29) is 23.5 Å². The number of amides is 1. The molecule has 0 radical (unpaired) electrons. The van der Waals surface area contributed by atoms with Crippen LogP contribution < -0.4 is 26.6 Å². The molecule has 0 bridgehead atoms. The highest BCUT2D eigenvalue weighted by molar-refractivity contribution is 6.03. The summed E-state index contributed by atoms with van der Waals surface area (Å²) in [5.74, 6) is 0.855. The molecule has 5 N–H and O–H groups in total. The van der Waals surface area contributed by atoms with Crippen molar-refractivity contribution < 1.29 is 13.9 Å². The van der Waals surface area contributed by atoms with Gasteiger partial charge in [0.2, 0.25) is 0 Å². The van der Waals surface area contributed by atoms with Gasteiger partial charge in [-0.05, 0) is 43.9 Å². The van der Waals surface area contributed by atoms with Crippen molar-refractivity contribution in [3.8, 4) is 0 Å². The molecule has 12 nitrogen and oxygen atoms in total. The van der Waals surface area contributed by atoms with Crippen LogP contribution in [0.4, 0.5) is 33.2 Å². The Morgan fingerprint density at radius 1 is 1.05 bits per heavy atom. The molecule has 2 aliphatic rings. The zero-order valence-corrected chi connectivity index (χ0v) is 21.9. The van der Waals surface area contributed by atoms with Gasteiger partial charge >= 0.3 is 0 Å². The van der Waals surface area contributed by atoms with E-state index in [0.29, 0.717) is 36.2 Å². The number of imidazole rings is 1. The molecule has 2 fully saturated rings. The van der Waals surface area contributed by atoms with E-state index >= 15 is 0 Å². The van der Waals surface area contributed by atoms with Crippen LogP contribution in [0.5, 0.6) is 0 Å². The van der Waals surface area contributed by atoms with Gasteiger partial charge in [0.15, 0.2) is 17.2 Å². The first-order chi connectivity index (χ1) is 19.5. The van der Waals surface area contributed by atoms with Crippen LogP contribution in [0.25, 0.3) is 5.65 Å². The number of morpholine rings is 1. The standard InChI is InChI=1S/C27H31FN10O2/c28-19-15-30-9-8-20(19)34-27(39)22-16-31-26-21(14-24(36-38(22)26)32-18-6-4-17(29)5-7-18)33-23-2-1-3-25(35-23)37-10-12-40-13-11-37/h1-3,8-9,14-18H,4-7,10-13,29H2,(H,32,36)(H,33,35)(H,30,34,39). The van der Waals surface area contributed by atoms with E-state index in [4.69, 9.17) is 15.5 Å². The van der Waals surface area contributed by atoms with Crippen molar-refractivity contribution in [1.29, 1.82) is 0 Å². The summed E-state index contributed by atoms with van der Waals surface area (Å²) in [4.78, 5) is 28.4. The zero-order valence-electron chi connectivity index (χ0n) is 21.9. The number of rotatable bonds is 7. The number of fused-ring (bicyclic) bond motifs is 1. The third kappa shape index (κ3) is 5.65. The lowest BCUT2D eigenvalue weighted by molar-refractivity contribution is 0.102. The molecule has 6 rings (SSSR count). The van der Waals surface area contributed by atoms with Gasteiger partial charge in [-0.2, -0.15) is 0 Å². The van der Waals surface area contributed by atoms with Crippen LogP contribution in [0.3, 0.4) is 0 Å². The van der Waals surface area contributed by atoms with Gasteiger partial charge in [-0.15, -0.1) is 5.10 Å². The number of hydrogen-bond acceptors (Lipinski definition) is 10. The normalized spacial score (nSPS) is 19.4. The van der Waals surface area contributed by atoms with Gasteiger partial charge in [0.25, 0.3) is 5.91 Å². The van der Waals surface area contributed by atoms with Crippen molar-refractivity contribution in [3.05, 3.63) is 60.4 Å². The first-order valence-corrected chi connectivity index (χ1v) is 13.4. The van der Waals surface area contributed by atoms with E-state index in [0.717, 1.165) is 50.8 Å². The van der Waals surface area contributed by atoms with Gasteiger partial charge in [0, 0.05) is 37.4 Å². The molecule has 4 aromatic rings. The molecule has 5 heterocycles. The van der Waals surface area contributed by atoms with Crippen LogP contribution in [0.2, 0.25) is 0 Å². The minimum atomic E-state index is -0.635. The van der Waals surface area contributed by atoms with Crippen molar-refractivity contribution in [2.45, 2.75) is 37.8 Å². The molecule has 0 aromatic carbocycles. The quantitative estimate of drug-likeness (QED) is 0.272. The summed E-state index contributed by atoms with van der Waals surface area (Å²) in [5, 5.41) is 14.1. The summed E-state index contributed by atoms with van der Waals surface area (Å²) >= 11 is 0. The van der Waals surface area contributed by atoms with Crippen molar-refractivity contribution in [2.75, 3.05) is 47.2 Å². The summed E-state index contributed by atoms with van der Waals surface area (Å²) in [6, 6.07) is 9.46. The maximum Gasteiger partial charge on any atom is 0.276 e. The first-order valence-electron chi connectivity index (χ1n) is 13.4. The van der Waals surface area contributed by atoms with E-state index in [2.05, 4.69) is 35.9 Å². The van der Waals surface area contributed by atoms with Crippen LogP contribution in [0.1, 0.15) is 36.2 Å². The summed E-state index contributed by atoms with van der Waals surface area (Å²) < 4.78 is 21.1. The molecule has 40 heavy (non-hydrogen) atoms. The Hall–Kier alpha value is -4.36. The fourth-order valence-corrected chi connectivity index (χ4v) is 5.02. The molecule has 208 valence electrons. The number of ether oxygens (including phenoxy) is 1. The second kappa shape index (κ2) is 11.4. The van der Waals surface area contributed by atoms with Gasteiger partial charge < -0.3 is 31.3 Å². The number of anilines is 5. The molecule has 1 saturated carbocycles.